The number of nitrogens with one attached hydrogen (secondary N) is 1. The highest BCUT2D eigenvalue weighted by Gasteiger charge is 2.35. The third-order valence-electron chi connectivity index (χ3n) is 4.38. The number of hydrogen-bond acceptors (Lipinski definition) is 5. The Kier molecular flexibility index (Phi) is 4.99. The number of hydrogen-bond donors (Lipinski definition) is 2. The smallest absolute Gasteiger partial charge is 0.266 e. The fraction of sp³-hybridized carbons (Fsp3) is 0.0476. The van der Waals surface area contributed by atoms with E-state index in [4.69, 9.17) is 4.42 Å². The molecule has 0 spiro atoms. The topological polar surface area (TPSA) is 69.3 Å². The van der Waals surface area contributed by atoms with Gasteiger partial charge < -0.3 is 14.6 Å². The molecule has 28 heavy (non-hydrogen) atoms. The van der Waals surface area contributed by atoms with E-state index in [-0.39, 0.29) is 10.6 Å². The number of nitriles is 1. The predicted octanol–water partition coefficient (Wildman–Crippen LogP) is 5.01. The maximum Gasteiger partial charge on any atom is 0.266 e. The molecule has 0 radical (unpaired) electrons. The molecule has 4 rings (SSSR count). The van der Waals surface area contributed by atoms with Crippen LogP contribution in [-0.2, 0) is 4.79 Å². The zero-order valence-corrected chi connectivity index (χ0v) is 16.9. The van der Waals surface area contributed by atoms with Crippen LogP contribution in [0, 0.1) is 11.3 Å². The van der Waals surface area contributed by atoms with Gasteiger partial charge in [0.05, 0.1) is 5.03 Å². The van der Waals surface area contributed by atoms with E-state index in [9.17, 15) is 10.1 Å². The van der Waals surface area contributed by atoms with Crippen LogP contribution in [0.2, 0.25) is 0 Å². The first-order valence-electron chi connectivity index (χ1n) is 8.42. The van der Waals surface area contributed by atoms with Gasteiger partial charge >= 0.3 is 0 Å². The van der Waals surface area contributed by atoms with Crippen LogP contribution in [0.25, 0.3) is 11.3 Å². The fourth-order valence-electron chi connectivity index (χ4n) is 3.03. The molecule has 0 fully saturated rings. The summed E-state index contributed by atoms with van der Waals surface area (Å²) in [6.07, 6.45) is -0.622. The molecule has 1 amide bonds. The number of benzene rings is 2. The summed E-state index contributed by atoms with van der Waals surface area (Å²) in [5.74, 6) is 0.741. The van der Waals surface area contributed by atoms with Gasteiger partial charge in [-0.05, 0) is 36.4 Å². The largest absolute Gasteiger partial charge is 0.457 e. The maximum atomic E-state index is 12.4. The molecule has 5 nitrogen and oxygen atoms in total. The van der Waals surface area contributed by atoms with Crippen molar-refractivity contribution >= 4 is 40.2 Å². The second-order valence-corrected chi connectivity index (χ2v) is 7.44. The van der Waals surface area contributed by atoms with Crippen molar-refractivity contribution in [1.29, 1.82) is 5.26 Å². The predicted molar refractivity (Wildman–Crippen MR) is 113 cm³/mol. The number of carbonyl (C=O) groups is 1. The molecule has 0 bridgehead atoms. The summed E-state index contributed by atoms with van der Waals surface area (Å²) in [5, 5.41) is 12.5. The molecule has 0 saturated heterocycles. The lowest BCUT2D eigenvalue weighted by Crippen LogP contribution is -2.45. The van der Waals surface area contributed by atoms with Gasteiger partial charge in [0, 0.05) is 15.7 Å². The van der Waals surface area contributed by atoms with Crippen LogP contribution in [0.1, 0.15) is 11.9 Å². The molecule has 2 aromatic carbocycles. The molecule has 1 aliphatic heterocycles. The van der Waals surface area contributed by atoms with Crippen molar-refractivity contribution in [3.8, 4) is 17.4 Å². The van der Waals surface area contributed by atoms with E-state index < -0.39 is 12.1 Å². The van der Waals surface area contributed by atoms with Crippen molar-refractivity contribution in [2.45, 2.75) is 6.17 Å². The van der Waals surface area contributed by atoms with Gasteiger partial charge in [-0.15, -0.1) is 12.6 Å². The SMILES string of the molecule is N#CC1=C(S)N(c2ccccc2)[C@H](c2ccc(-c3ccc(Br)cc3)o2)NC1=O. The lowest BCUT2D eigenvalue weighted by molar-refractivity contribution is -0.118. The second-order valence-electron chi connectivity index (χ2n) is 6.10. The van der Waals surface area contributed by atoms with Crippen LogP contribution in [0.4, 0.5) is 5.69 Å². The Balaban J connectivity index is 1.77. The molecule has 1 aromatic heterocycles. The van der Waals surface area contributed by atoms with Crippen LogP contribution in [0.5, 0.6) is 0 Å². The van der Waals surface area contributed by atoms with E-state index in [1.807, 2.05) is 72.8 Å². The summed E-state index contributed by atoms with van der Waals surface area (Å²) in [5.41, 5.74) is 1.66. The number of furan rings is 1. The van der Waals surface area contributed by atoms with Gasteiger partial charge in [-0.2, -0.15) is 5.26 Å². The first-order valence-corrected chi connectivity index (χ1v) is 9.66. The average molecular weight is 452 g/mol. The van der Waals surface area contributed by atoms with Crippen LogP contribution >= 0.6 is 28.6 Å². The lowest BCUT2D eigenvalue weighted by Gasteiger charge is -2.36. The molecule has 2 heterocycles. The maximum absolute atomic E-state index is 12.4. The van der Waals surface area contributed by atoms with Gasteiger partial charge in [0.15, 0.2) is 6.17 Å². The Morgan fingerprint density at radius 2 is 1.79 bits per heavy atom. The Bertz CT molecular complexity index is 1100. The molecule has 7 heteroatoms. The van der Waals surface area contributed by atoms with Gasteiger partial charge in [-0.3, -0.25) is 4.79 Å². The van der Waals surface area contributed by atoms with Gasteiger partial charge in [0.1, 0.15) is 23.2 Å². The minimum Gasteiger partial charge on any atom is -0.457 e. The van der Waals surface area contributed by atoms with Crippen molar-refractivity contribution in [3.05, 3.63) is 87.6 Å². The van der Waals surface area contributed by atoms with E-state index in [1.165, 1.54) is 0 Å². The molecule has 0 unspecified atom stereocenters. The lowest BCUT2D eigenvalue weighted by atomic mass is 10.1. The third kappa shape index (κ3) is 3.33. The molecular formula is C21H14BrN3O2S. The first-order chi connectivity index (χ1) is 13.6. The average Bonchev–Trinajstić information content (AvgIpc) is 3.19. The Morgan fingerprint density at radius 3 is 2.46 bits per heavy atom. The summed E-state index contributed by atoms with van der Waals surface area (Å²) in [6.45, 7) is 0. The van der Waals surface area contributed by atoms with E-state index >= 15 is 0 Å². The van der Waals surface area contributed by atoms with Gasteiger partial charge in [0.25, 0.3) is 5.91 Å². The van der Waals surface area contributed by atoms with Gasteiger partial charge in [-0.1, -0.05) is 46.3 Å². The highest BCUT2D eigenvalue weighted by Crippen LogP contribution is 2.37. The van der Waals surface area contributed by atoms with E-state index in [1.54, 1.807) is 4.90 Å². The number of thiol groups is 1. The minimum absolute atomic E-state index is 0.0388. The number of carbonyl (C=O) groups excluding carboxylic acids is 1. The van der Waals surface area contributed by atoms with Crippen molar-refractivity contribution < 1.29 is 9.21 Å². The third-order valence-corrected chi connectivity index (χ3v) is 5.34. The summed E-state index contributed by atoms with van der Waals surface area (Å²) < 4.78 is 7.03. The van der Waals surface area contributed by atoms with Crippen molar-refractivity contribution in [1.82, 2.24) is 5.32 Å². The van der Waals surface area contributed by atoms with E-state index in [2.05, 4.69) is 33.9 Å². The zero-order chi connectivity index (χ0) is 19.7. The van der Waals surface area contributed by atoms with Crippen molar-refractivity contribution in [3.63, 3.8) is 0 Å². The number of halogens is 1. The quantitative estimate of drug-likeness (QED) is 0.549. The minimum atomic E-state index is -0.622. The standard InChI is InChI=1S/C21H14BrN3O2S/c22-14-8-6-13(7-9-14)17-10-11-18(27-17)19-24-20(26)16(12-23)21(28)25(19)15-4-2-1-3-5-15/h1-11,19,28H,(H,24,26)/t19-/m1/s1. The summed E-state index contributed by atoms with van der Waals surface area (Å²) in [7, 11) is 0. The number of nitrogens with zero attached hydrogens (tertiary/aromatic N) is 2. The summed E-state index contributed by atoms with van der Waals surface area (Å²) in [4.78, 5) is 14.2. The molecule has 0 saturated carbocycles. The highest BCUT2D eigenvalue weighted by molar-refractivity contribution is 9.10. The fourth-order valence-corrected chi connectivity index (χ4v) is 3.68. The van der Waals surface area contributed by atoms with E-state index in [0.29, 0.717) is 11.5 Å². The van der Waals surface area contributed by atoms with Crippen LogP contribution < -0.4 is 10.2 Å². The summed E-state index contributed by atoms with van der Waals surface area (Å²) in [6, 6.07) is 22.8. The van der Waals surface area contributed by atoms with E-state index in [0.717, 1.165) is 15.7 Å². The van der Waals surface area contributed by atoms with Gasteiger partial charge in [-0.25, -0.2) is 0 Å². The molecule has 1 atom stereocenters. The summed E-state index contributed by atoms with van der Waals surface area (Å²) >= 11 is 7.90. The number of rotatable bonds is 3. The van der Waals surface area contributed by atoms with Crippen LogP contribution in [0.3, 0.4) is 0 Å². The molecule has 1 aliphatic rings. The van der Waals surface area contributed by atoms with Crippen molar-refractivity contribution in [2.75, 3.05) is 4.90 Å². The number of amides is 1. The highest BCUT2D eigenvalue weighted by atomic mass is 79.9. The molecule has 138 valence electrons. The second kappa shape index (κ2) is 7.58. The molecule has 1 N–H and O–H groups in total. The first kappa shape index (κ1) is 18.4. The zero-order valence-electron chi connectivity index (χ0n) is 14.5. The molecule has 3 aromatic rings. The van der Waals surface area contributed by atoms with Gasteiger partial charge in [0.2, 0.25) is 0 Å². The molecule has 0 aliphatic carbocycles. The van der Waals surface area contributed by atoms with Crippen LogP contribution in [0.15, 0.2) is 86.2 Å². The number of para-hydroxylation sites is 1. The Labute approximate surface area is 175 Å². The normalized spacial score (nSPS) is 16.7. The van der Waals surface area contributed by atoms with Crippen LogP contribution in [-0.4, -0.2) is 5.91 Å². The Hall–Kier alpha value is -2.95. The Morgan fingerprint density at radius 1 is 1.07 bits per heavy atom. The van der Waals surface area contributed by atoms with Crippen molar-refractivity contribution in [2.24, 2.45) is 0 Å². The molecular weight excluding hydrogens is 438 g/mol. The number of anilines is 1. The monoisotopic (exact) mass is 451 g/mol.